The van der Waals surface area contributed by atoms with Crippen LogP contribution in [0.3, 0.4) is 0 Å². The van der Waals surface area contributed by atoms with Gasteiger partial charge in [-0.15, -0.1) is 0 Å². The fraction of sp³-hybridized carbons (Fsp3) is 0.227. The van der Waals surface area contributed by atoms with Gasteiger partial charge in [-0.05, 0) is 90.2 Å². The topological polar surface area (TPSA) is 88.4 Å². The molecule has 0 saturated carbocycles. The Kier molecular flexibility index (Phi) is 7.60. The van der Waals surface area contributed by atoms with E-state index in [2.05, 4.69) is 27.6 Å². The number of benzene rings is 2. The third kappa shape index (κ3) is 5.21. The zero-order valence-corrected chi connectivity index (χ0v) is 20.2. The lowest BCUT2D eigenvalue weighted by Gasteiger charge is -2.12. The normalized spacial score (nSPS) is 16.3. The summed E-state index contributed by atoms with van der Waals surface area (Å²) in [6, 6.07) is 10.1. The van der Waals surface area contributed by atoms with Gasteiger partial charge in [0.1, 0.15) is 0 Å². The lowest BCUT2D eigenvalue weighted by Crippen LogP contribution is -2.28. The van der Waals surface area contributed by atoms with E-state index in [0.29, 0.717) is 40.4 Å². The minimum absolute atomic E-state index is 0.144. The van der Waals surface area contributed by atoms with E-state index in [-0.39, 0.29) is 11.5 Å². The zero-order valence-electron chi connectivity index (χ0n) is 17.2. The van der Waals surface area contributed by atoms with Gasteiger partial charge in [0.15, 0.2) is 16.7 Å². The number of amidine groups is 1. The molecule has 1 heterocycles. The molecule has 2 aromatic carbocycles. The van der Waals surface area contributed by atoms with Crippen molar-refractivity contribution in [2.75, 3.05) is 20.3 Å². The molecule has 0 atom stereocenters. The second kappa shape index (κ2) is 10.2. The van der Waals surface area contributed by atoms with Crippen molar-refractivity contribution in [3.05, 3.63) is 56.0 Å². The molecule has 0 radical (unpaired) electrons. The molecule has 31 heavy (non-hydrogen) atoms. The number of carboxylic acid groups (broad SMARTS) is 1. The highest BCUT2D eigenvalue weighted by molar-refractivity contribution is 14.1. The fourth-order valence-corrected chi connectivity index (χ4v) is 4.79. The van der Waals surface area contributed by atoms with Crippen molar-refractivity contribution in [2.24, 2.45) is 4.99 Å². The van der Waals surface area contributed by atoms with Crippen molar-refractivity contribution < 1.29 is 24.2 Å². The number of nitrogens with zero attached hydrogens (tertiary/aromatic N) is 2. The Morgan fingerprint density at radius 2 is 2.06 bits per heavy atom. The number of thioether (sulfide) groups is 1. The molecule has 1 N–H and O–H groups in total. The molecule has 1 aliphatic rings. The monoisotopic (exact) mass is 552 g/mol. The Morgan fingerprint density at radius 3 is 2.71 bits per heavy atom. The number of hydrogen-bond acceptors (Lipinski definition) is 6. The van der Waals surface area contributed by atoms with Crippen LogP contribution in [0.25, 0.3) is 6.08 Å². The number of ether oxygens (including phenoxy) is 2. The van der Waals surface area contributed by atoms with E-state index in [1.54, 1.807) is 30.2 Å². The van der Waals surface area contributed by atoms with E-state index in [0.717, 1.165) is 9.13 Å². The average Bonchev–Trinajstić information content (AvgIpc) is 3.03. The number of amides is 1. The number of carbonyl (C=O) groups is 2. The summed E-state index contributed by atoms with van der Waals surface area (Å²) in [7, 11) is 1.58. The third-order valence-corrected chi connectivity index (χ3v) is 6.17. The van der Waals surface area contributed by atoms with Crippen LogP contribution in [0.2, 0.25) is 0 Å². The van der Waals surface area contributed by atoms with E-state index < -0.39 is 5.97 Å². The molecule has 162 valence electrons. The lowest BCUT2D eigenvalue weighted by molar-refractivity contribution is -0.122. The number of methoxy groups -OCH3 is 1. The molecular weight excluding hydrogens is 531 g/mol. The number of halogens is 1. The first-order chi connectivity index (χ1) is 14.9. The highest BCUT2D eigenvalue weighted by Crippen LogP contribution is 2.38. The molecule has 0 aliphatic carbocycles. The van der Waals surface area contributed by atoms with Gasteiger partial charge in [0.25, 0.3) is 5.91 Å². The van der Waals surface area contributed by atoms with Crippen LogP contribution in [0.5, 0.6) is 11.5 Å². The summed E-state index contributed by atoms with van der Waals surface area (Å²) in [6.07, 6.45) is 1.80. The predicted octanol–water partition coefficient (Wildman–Crippen LogP) is 5.02. The van der Waals surface area contributed by atoms with Crippen molar-refractivity contribution >= 4 is 63.2 Å². The molecule has 1 amide bonds. The zero-order chi connectivity index (χ0) is 22.5. The van der Waals surface area contributed by atoms with Gasteiger partial charge in [-0.1, -0.05) is 6.07 Å². The largest absolute Gasteiger partial charge is 0.493 e. The summed E-state index contributed by atoms with van der Waals surface area (Å²) in [4.78, 5) is 30.8. The van der Waals surface area contributed by atoms with E-state index >= 15 is 0 Å². The molecule has 1 saturated heterocycles. The summed E-state index contributed by atoms with van der Waals surface area (Å²) in [5.74, 6) is 0.101. The van der Waals surface area contributed by atoms with Gasteiger partial charge >= 0.3 is 5.97 Å². The van der Waals surface area contributed by atoms with Crippen molar-refractivity contribution in [3.8, 4) is 11.5 Å². The summed E-state index contributed by atoms with van der Waals surface area (Å²) < 4.78 is 12.0. The van der Waals surface area contributed by atoms with E-state index in [4.69, 9.17) is 9.47 Å². The van der Waals surface area contributed by atoms with Gasteiger partial charge < -0.3 is 14.6 Å². The van der Waals surface area contributed by atoms with Gasteiger partial charge in [0, 0.05) is 6.54 Å². The standard InChI is InChI=1S/C22H21IN2O5S/c1-4-25-20(26)18(11-13-9-16(23)19(30-5-2)17(10-13)29-3)31-22(25)24-15-8-6-7-14(12-15)21(27)28/h6-12H,4-5H2,1-3H3,(H,27,28). The Morgan fingerprint density at radius 1 is 1.29 bits per heavy atom. The maximum atomic E-state index is 12.9. The lowest BCUT2D eigenvalue weighted by atomic mass is 10.2. The second-order valence-corrected chi connectivity index (χ2v) is 8.55. The SMILES string of the molecule is CCOc1c(I)cc(C=C2SC(=Nc3cccc(C(=O)O)c3)N(CC)C2=O)cc1OC. The summed E-state index contributed by atoms with van der Waals surface area (Å²) >= 11 is 3.44. The molecular formula is C22H21IN2O5S. The predicted molar refractivity (Wildman–Crippen MR) is 130 cm³/mol. The maximum Gasteiger partial charge on any atom is 0.335 e. The highest BCUT2D eigenvalue weighted by atomic mass is 127. The molecule has 0 bridgehead atoms. The molecule has 0 spiro atoms. The van der Waals surface area contributed by atoms with Crippen molar-refractivity contribution in [1.82, 2.24) is 4.90 Å². The Bertz CT molecular complexity index is 1080. The van der Waals surface area contributed by atoms with Gasteiger partial charge in [0.2, 0.25) is 0 Å². The van der Waals surface area contributed by atoms with Crippen LogP contribution in [0.1, 0.15) is 29.8 Å². The summed E-state index contributed by atoms with van der Waals surface area (Å²) in [6.45, 7) is 4.75. The minimum Gasteiger partial charge on any atom is -0.493 e. The first-order valence-corrected chi connectivity index (χ1v) is 11.4. The number of carboxylic acids is 1. The van der Waals surface area contributed by atoms with Crippen molar-refractivity contribution in [3.63, 3.8) is 0 Å². The number of hydrogen-bond donors (Lipinski definition) is 1. The molecule has 2 aromatic rings. The second-order valence-electron chi connectivity index (χ2n) is 6.38. The number of likely N-dealkylation sites (N-methyl/N-ethyl adjacent to an activating group) is 1. The van der Waals surface area contributed by atoms with E-state index in [9.17, 15) is 14.7 Å². The molecule has 0 aromatic heterocycles. The number of rotatable bonds is 7. The summed E-state index contributed by atoms with van der Waals surface area (Å²) in [5, 5.41) is 9.70. The quantitative estimate of drug-likeness (QED) is 0.384. The molecule has 1 fully saturated rings. The van der Waals surface area contributed by atoms with Gasteiger partial charge in [-0.3, -0.25) is 9.69 Å². The molecule has 1 aliphatic heterocycles. The molecule has 7 nitrogen and oxygen atoms in total. The van der Waals surface area contributed by atoms with Crippen LogP contribution in [0.15, 0.2) is 46.3 Å². The molecule has 3 rings (SSSR count). The van der Waals surface area contributed by atoms with Crippen LogP contribution in [0, 0.1) is 3.57 Å². The maximum absolute atomic E-state index is 12.9. The number of carbonyl (C=O) groups excluding carboxylic acids is 1. The van der Waals surface area contributed by atoms with E-state index in [1.165, 1.54) is 23.9 Å². The van der Waals surface area contributed by atoms with Crippen LogP contribution < -0.4 is 9.47 Å². The Labute approximate surface area is 198 Å². The van der Waals surface area contributed by atoms with Gasteiger partial charge in [-0.25, -0.2) is 9.79 Å². The highest BCUT2D eigenvalue weighted by Gasteiger charge is 2.32. The van der Waals surface area contributed by atoms with Crippen LogP contribution in [-0.2, 0) is 4.79 Å². The van der Waals surface area contributed by atoms with Gasteiger partial charge in [0.05, 0.1) is 33.4 Å². The molecule has 0 unspecified atom stereocenters. The Balaban J connectivity index is 1.96. The smallest absolute Gasteiger partial charge is 0.335 e. The van der Waals surface area contributed by atoms with Gasteiger partial charge in [-0.2, -0.15) is 0 Å². The third-order valence-electron chi connectivity index (χ3n) is 4.36. The first-order valence-electron chi connectivity index (χ1n) is 9.51. The van der Waals surface area contributed by atoms with Crippen molar-refractivity contribution in [1.29, 1.82) is 0 Å². The Hall–Kier alpha value is -2.53. The van der Waals surface area contributed by atoms with Crippen LogP contribution in [0.4, 0.5) is 5.69 Å². The number of aliphatic imine (C=N–C) groups is 1. The number of aromatic carboxylic acids is 1. The minimum atomic E-state index is -1.02. The molecule has 9 heteroatoms. The first kappa shape index (κ1) is 23.1. The van der Waals surface area contributed by atoms with Crippen LogP contribution >= 0.6 is 34.4 Å². The van der Waals surface area contributed by atoms with Crippen LogP contribution in [-0.4, -0.2) is 47.3 Å². The fourth-order valence-electron chi connectivity index (χ4n) is 2.95. The van der Waals surface area contributed by atoms with Crippen molar-refractivity contribution in [2.45, 2.75) is 13.8 Å². The van der Waals surface area contributed by atoms with E-state index in [1.807, 2.05) is 26.0 Å². The average molecular weight is 552 g/mol. The summed E-state index contributed by atoms with van der Waals surface area (Å²) in [5.41, 5.74) is 1.43.